The lowest BCUT2D eigenvalue weighted by Crippen LogP contribution is -1.81. The predicted octanol–water partition coefficient (Wildman–Crippen LogP) is 4.51. The number of benzene rings is 2. The molecule has 0 aromatic heterocycles. The second-order valence-electron chi connectivity index (χ2n) is 3.30. The highest BCUT2D eigenvalue weighted by atomic mass is 35.5. The Balaban J connectivity index is 2.50. The average molecular weight is 257 g/mol. The standard InChI is InChI=1S/C12H7Cl2FO/c13-9-5-7(1-3-11(9)15)8-2-4-12(16)10(14)6-8/h1-6,16H. The topological polar surface area (TPSA) is 20.2 Å². The molecular formula is C12H7Cl2FO. The molecule has 0 aliphatic rings. The van der Waals surface area contributed by atoms with Gasteiger partial charge in [-0.3, -0.25) is 0 Å². The molecule has 0 amide bonds. The third-order valence-electron chi connectivity index (χ3n) is 2.20. The Labute approximate surface area is 102 Å². The summed E-state index contributed by atoms with van der Waals surface area (Å²) >= 11 is 11.5. The lowest BCUT2D eigenvalue weighted by atomic mass is 10.1. The van der Waals surface area contributed by atoms with Crippen LogP contribution in [0.5, 0.6) is 5.75 Å². The second-order valence-corrected chi connectivity index (χ2v) is 4.11. The summed E-state index contributed by atoms with van der Waals surface area (Å²) in [6, 6.07) is 9.17. The molecule has 0 saturated carbocycles. The van der Waals surface area contributed by atoms with Crippen LogP contribution in [0.15, 0.2) is 36.4 Å². The highest BCUT2D eigenvalue weighted by molar-refractivity contribution is 6.32. The van der Waals surface area contributed by atoms with Gasteiger partial charge in [0.1, 0.15) is 11.6 Å². The minimum Gasteiger partial charge on any atom is -0.506 e. The van der Waals surface area contributed by atoms with Crippen LogP contribution in [-0.4, -0.2) is 5.11 Å². The lowest BCUT2D eigenvalue weighted by Gasteiger charge is -2.04. The highest BCUT2D eigenvalue weighted by Gasteiger charge is 2.05. The molecule has 82 valence electrons. The normalized spacial score (nSPS) is 10.4. The van der Waals surface area contributed by atoms with Crippen LogP contribution in [-0.2, 0) is 0 Å². The van der Waals surface area contributed by atoms with Crippen molar-refractivity contribution in [2.45, 2.75) is 0 Å². The van der Waals surface area contributed by atoms with Crippen molar-refractivity contribution in [1.29, 1.82) is 0 Å². The van der Waals surface area contributed by atoms with Crippen LogP contribution in [0.25, 0.3) is 11.1 Å². The van der Waals surface area contributed by atoms with Gasteiger partial charge in [0.25, 0.3) is 0 Å². The zero-order valence-electron chi connectivity index (χ0n) is 8.05. The molecule has 0 radical (unpaired) electrons. The van der Waals surface area contributed by atoms with E-state index in [0.717, 1.165) is 11.1 Å². The van der Waals surface area contributed by atoms with Crippen LogP contribution < -0.4 is 0 Å². The fourth-order valence-corrected chi connectivity index (χ4v) is 1.72. The van der Waals surface area contributed by atoms with Crippen molar-refractivity contribution < 1.29 is 9.50 Å². The lowest BCUT2D eigenvalue weighted by molar-refractivity contribution is 0.475. The van der Waals surface area contributed by atoms with E-state index in [1.165, 1.54) is 18.2 Å². The molecule has 0 fully saturated rings. The third kappa shape index (κ3) is 2.13. The Bertz CT molecular complexity index is 491. The van der Waals surface area contributed by atoms with E-state index in [2.05, 4.69) is 0 Å². The van der Waals surface area contributed by atoms with Crippen molar-refractivity contribution >= 4 is 23.2 Å². The summed E-state index contributed by atoms with van der Waals surface area (Å²) in [4.78, 5) is 0. The zero-order valence-corrected chi connectivity index (χ0v) is 9.56. The van der Waals surface area contributed by atoms with Gasteiger partial charge in [0.2, 0.25) is 0 Å². The average Bonchev–Trinajstić information content (AvgIpc) is 2.26. The molecule has 0 heterocycles. The summed E-state index contributed by atoms with van der Waals surface area (Å²) < 4.78 is 13.0. The van der Waals surface area contributed by atoms with Crippen LogP contribution >= 0.6 is 23.2 Å². The monoisotopic (exact) mass is 256 g/mol. The molecule has 0 aliphatic carbocycles. The number of halogens is 3. The first-order valence-electron chi connectivity index (χ1n) is 4.52. The summed E-state index contributed by atoms with van der Waals surface area (Å²) in [7, 11) is 0. The van der Waals surface area contributed by atoms with Gasteiger partial charge in [0, 0.05) is 0 Å². The summed E-state index contributed by atoms with van der Waals surface area (Å²) in [6.45, 7) is 0. The number of rotatable bonds is 1. The van der Waals surface area contributed by atoms with Crippen LogP contribution in [0.4, 0.5) is 4.39 Å². The maximum atomic E-state index is 13.0. The molecule has 16 heavy (non-hydrogen) atoms. The van der Waals surface area contributed by atoms with Crippen molar-refractivity contribution in [2.24, 2.45) is 0 Å². The van der Waals surface area contributed by atoms with E-state index >= 15 is 0 Å². The molecule has 2 aromatic rings. The molecule has 0 bridgehead atoms. The van der Waals surface area contributed by atoms with E-state index in [1.807, 2.05) is 0 Å². The second kappa shape index (κ2) is 4.32. The van der Waals surface area contributed by atoms with Gasteiger partial charge in [-0.15, -0.1) is 0 Å². The Morgan fingerprint density at radius 2 is 1.44 bits per heavy atom. The molecule has 0 spiro atoms. The van der Waals surface area contributed by atoms with Crippen molar-refractivity contribution in [3.05, 3.63) is 52.3 Å². The van der Waals surface area contributed by atoms with Crippen LogP contribution in [0.3, 0.4) is 0 Å². The molecule has 0 atom stereocenters. The Kier molecular flexibility index (Phi) is 3.03. The predicted molar refractivity (Wildman–Crippen MR) is 63.5 cm³/mol. The molecule has 2 rings (SSSR count). The SMILES string of the molecule is Oc1ccc(-c2ccc(F)c(Cl)c2)cc1Cl. The molecular weight excluding hydrogens is 250 g/mol. The first-order chi connectivity index (χ1) is 7.58. The summed E-state index contributed by atoms with van der Waals surface area (Å²) in [5.74, 6) is -0.450. The summed E-state index contributed by atoms with van der Waals surface area (Å²) in [5, 5.41) is 9.58. The van der Waals surface area contributed by atoms with E-state index < -0.39 is 5.82 Å². The number of hydrogen-bond acceptors (Lipinski definition) is 1. The Morgan fingerprint density at radius 1 is 0.875 bits per heavy atom. The number of phenolic OH excluding ortho intramolecular Hbond substituents is 1. The van der Waals surface area contributed by atoms with Gasteiger partial charge in [-0.2, -0.15) is 0 Å². The van der Waals surface area contributed by atoms with Gasteiger partial charge in [0.05, 0.1) is 10.0 Å². The number of phenols is 1. The van der Waals surface area contributed by atoms with Gasteiger partial charge in [-0.1, -0.05) is 35.3 Å². The minimum atomic E-state index is -0.463. The van der Waals surface area contributed by atoms with Gasteiger partial charge in [-0.05, 0) is 35.4 Å². The van der Waals surface area contributed by atoms with Crippen molar-refractivity contribution in [1.82, 2.24) is 0 Å². The first-order valence-corrected chi connectivity index (χ1v) is 5.27. The number of hydrogen-bond donors (Lipinski definition) is 1. The van der Waals surface area contributed by atoms with Crippen LogP contribution in [0.1, 0.15) is 0 Å². The van der Waals surface area contributed by atoms with E-state index in [-0.39, 0.29) is 15.8 Å². The summed E-state index contributed by atoms with van der Waals surface area (Å²) in [5.41, 5.74) is 1.51. The molecule has 0 saturated heterocycles. The van der Waals surface area contributed by atoms with Crippen molar-refractivity contribution in [3.8, 4) is 16.9 Å². The fraction of sp³-hybridized carbons (Fsp3) is 0. The maximum Gasteiger partial charge on any atom is 0.141 e. The minimum absolute atomic E-state index is 0.0126. The molecule has 4 heteroatoms. The van der Waals surface area contributed by atoms with Gasteiger partial charge in [-0.25, -0.2) is 4.39 Å². The number of aromatic hydroxyl groups is 1. The van der Waals surface area contributed by atoms with E-state index in [9.17, 15) is 9.50 Å². The highest BCUT2D eigenvalue weighted by Crippen LogP contribution is 2.31. The van der Waals surface area contributed by atoms with Crippen molar-refractivity contribution in [2.75, 3.05) is 0 Å². The Hall–Kier alpha value is -1.25. The van der Waals surface area contributed by atoms with Gasteiger partial charge >= 0.3 is 0 Å². The fourth-order valence-electron chi connectivity index (χ4n) is 1.36. The third-order valence-corrected chi connectivity index (χ3v) is 2.79. The smallest absolute Gasteiger partial charge is 0.141 e. The van der Waals surface area contributed by atoms with E-state index in [4.69, 9.17) is 23.2 Å². The molecule has 2 aromatic carbocycles. The maximum absolute atomic E-state index is 13.0. The molecule has 1 nitrogen and oxygen atoms in total. The zero-order chi connectivity index (χ0) is 11.7. The quantitative estimate of drug-likeness (QED) is 0.797. The van der Waals surface area contributed by atoms with Gasteiger partial charge in [0.15, 0.2) is 0 Å². The van der Waals surface area contributed by atoms with E-state index in [1.54, 1.807) is 18.2 Å². The van der Waals surface area contributed by atoms with Crippen molar-refractivity contribution in [3.63, 3.8) is 0 Å². The van der Waals surface area contributed by atoms with Crippen LogP contribution in [0, 0.1) is 5.82 Å². The molecule has 0 unspecified atom stereocenters. The first kappa shape index (κ1) is 11.2. The molecule has 0 aliphatic heterocycles. The Morgan fingerprint density at radius 3 is 2.00 bits per heavy atom. The largest absolute Gasteiger partial charge is 0.506 e. The van der Waals surface area contributed by atoms with Crippen LogP contribution in [0.2, 0.25) is 10.0 Å². The van der Waals surface area contributed by atoms with E-state index in [0.29, 0.717) is 0 Å². The summed E-state index contributed by atoms with van der Waals surface area (Å²) in [6.07, 6.45) is 0. The van der Waals surface area contributed by atoms with Gasteiger partial charge < -0.3 is 5.11 Å². The molecule has 1 N–H and O–H groups in total.